The van der Waals surface area contributed by atoms with Crippen LogP contribution in [-0.2, 0) is 10.8 Å². The summed E-state index contributed by atoms with van der Waals surface area (Å²) in [4.78, 5) is 16.8. The highest BCUT2D eigenvalue weighted by atomic mass is 16.1. The van der Waals surface area contributed by atoms with Gasteiger partial charge in [-0.2, -0.15) is 0 Å². The molecule has 2 aromatic carbocycles. The first-order chi connectivity index (χ1) is 12.6. The molecule has 3 nitrogen and oxygen atoms in total. The predicted molar refractivity (Wildman–Crippen MR) is 101 cm³/mol. The van der Waals surface area contributed by atoms with Crippen LogP contribution in [0.3, 0.4) is 0 Å². The molecule has 1 heterocycles. The summed E-state index contributed by atoms with van der Waals surface area (Å²) >= 11 is 0. The summed E-state index contributed by atoms with van der Waals surface area (Å²) in [5, 5.41) is 2.98. The lowest BCUT2D eigenvalue weighted by Gasteiger charge is -2.77. The molecular weight excluding hydrogens is 320 g/mol. The number of rotatable bonds is 4. The number of benzene rings is 2. The van der Waals surface area contributed by atoms with Gasteiger partial charge in [-0.1, -0.05) is 43.5 Å². The fourth-order valence-electron chi connectivity index (χ4n) is 4.98. The quantitative estimate of drug-likeness (QED) is 0.709. The van der Waals surface area contributed by atoms with Gasteiger partial charge < -0.3 is 15.9 Å². The summed E-state index contributed by atoms with van der Waals surface area (Å²) in [5.74, 6) is -0.0476. The second-order valence-corrected chi connectivity index (χ2v) is 7.93. The number of aromatic nitrogens is 1. The Morgan fingerprint density at radius 3 is 2.58 bits per heavy atom. The summed E-state index contributed by atoms with van der Waals surface area (Å²) in [6, 6.07) is 17.7. The van der Waals surface area contributed by atoms with Crippen molar-refractivity contribution in [2.24, 2.45) is 0 Å². The van der Waals surface area contributed by atoms with Crippen molar-refractivity contribution in [3.05, 3.63) is 89.2 Å². The molecule has 6 rings (SSSR count). The maximum Gasteiger partial charge on any atom is 0.255 e. The summed E-state index contributed by atoms with van der Waals surface area (Å²) < 4.78 is 0. The predicted octanol–water partition coefficient (Wildman–Crippen LogP) is 4.53. The fraction of sp³-hybridized carbons (Fsp3) is 0.261. The van der Waals surface area contributed by atoms with Gasteiger partial charge in [0.15, 0.2) is 0 Å². The van der Waals surface area contributed by atoms with Gasteiger partial charge in [-0.05, 0) is 47.7 Å². The number of carbonyl (C=O) groups excluding carboxylic acids is 1. The van der Waals surface area contributed by atoms with Crippen molar-refractivity contribution in [3.63, 3.8) is 0 Å². The minimum atomic E-state index is -0.0476. The van der Waals surface area contributed by atoms with Gasteiger partial charge in [0.25, 0.3) is 5.91 Å². The molecule has 0 spiro atoms. The molecule has 130 valence electrons. The van der Waals surface area contributed by atoms with E-state index in [4.69, 9.17) is 0 Å². The number of hydrogen-bond donors (Lipinski definition) is 1. The number of hydrogen-bond acceptors (Lipinski definition) is 2. The van der Waals surface area contributed by atoms with Crippen molar-refractivity contribution in [2.75, 3.05) is 5.32 Å². The number of anilines is 1. The SMILES string of the molecule is Cc1ccc(C(=O)Nc2ccccc2)cc1C12CC(c3c[c-]n[cH-]3)(C1)C2. The van der Waals surface area contributed by atoms with Crippen LogP contribution in [0.4, 0.5) is 5.69 Å². The van der Waals surface area contributed by atoms with E-state index in [1.54, 1.807) is 0 Å². The number of para-hydroxylation sites is 1. The van der Waals surface area contributed by atoms with Gasteiger partial charge in [0.1, 0.15) is 0 Å². The van der Waals surface area contributed by atoms with E-state index >= 15 is 0 Å². The number of carbonyl (C=O) groups is 1. The first-order valence-corrected chi connectivity index (χ1v) is 9.07. The van der Waals surface area contributed by atoms with E-state index in [2.05, 4.69) is 35.6 Å². The van der Waals surface area contributed by atoms with E-state index in [0.717, 1.165) is 30.5 Å². The molecule has 3 saturated carbocycles. The Balaban J connectivity index is 1.38. The van der Waals surface area contributed by atoms with Crippen molar-refractivity contribution in [3.8, 4) is 0 Å². The highest BCUT2D eigenvalue weighted by molar-refractivity contribution is 6.04. The third-order valence-corrected chi connectivity index (χ3v) is 6.24. The molecule has 26 heavy (non-hydrogen) atoms. The first-order valence-electron chi connectivity index (χ1n) is 9.07. The molecule has 1 aromatic heterocycles. The molecule has 3 aliphatic rings. The molecule has 3 heteroatoms. The lowest BCUT2D eigenvalue weighted by atomic mass is 9.32. The molecular formula is C23H20N2O-2. The molecule has 1 N–H and O–H groups in total. The fourth-order valence-corrected chi connectivity index (χ4v) is 4.98. The van der Waals surface area contributed by atoms with Crippen molar-refractivity contribution in [2.45, 2.75) is 37.0 Å². The van der Waals surface area contributed by atoms with Crippen LogP contribution in [0.25, 0.3) is 0 Å². The van der Waals surface area contributed by atoms with Gasteiger partial charge in [0, 0.05) is 11.3 Å². The molecule has 3 fully saturated rings. The average Bonchev–Trinajstić information content (AvgIpc) is 3.09. The molecule has 3 aromatic rings. The van der Waals surface area contributed by atoms with Crippen molar-refractivity contribution >= 4 is 11.6 Å². The van der Waals surface area contributed by atoms with Crippen LogP contribution in [0.15, 0.2) is 60.8 Å². The van der Waals surface area contributed by atoms with Gasteiger partial charge in [0.05, 0.1) is 0 Å². The smallest absolute Gasteiger partial charge is 0.255 e. The van der Waals surface area contributed by atoms with E-state index in [0.29, 0.717) is 5.41 Å². The van der Waals surface area contributed by atoms with Crippen LogP contribution in [0, 0.1) is 13.1 Å². The molecule has 0 aliphatic heterocycles. The largest absolute Gasteiger partial charge is 0.550 e. The molecule has 3 aliphatic carbocycles. The Labute approximate surface area is 153 Å². The molecule has 0 saturated heterocycles. The Hall–Kier alpha value is -2.81. The van der Waals surface area contributed by atoms with Gasteiger partial charge in [0.2, 0.25) is 0 Å². The van der Waals surface area contributed by atoms with Crippen LogP contribution in [-0.4, -0.2) is 10.9 Å². The van der Waals surface area contributed by atoms with Gasteiger partial charge >= 0.3 is 0 Å². The van der Waals surface area contributed by atoms with Crippen LogP contribution < -0.4 is 5.32 Å². The zero-order chi connectivity index (χ0) is 17.8. The summed E-state index contributed by atoms with van der Waals surface area (Å²) in [5.41, 5.74) is 6.05. The summed E-state index contributed by atoms with van der Waals surface area (Å²) in [7, 11) is 0. The summed E-state index contributed by atoms with van der Waals surface area (Å²) in [6.07, 6.45) is 8.37. The topological polar surface area (TPSA) is 42.0 Å². The average molecular weight is 340 g/mol. The van der Waals surface area contributed by atoms with Crippen LogP contribution in [0.2, 0.25) is 0 Å². The van der Waals surface area contributed by atoms with E-state index in [1.807, 2.05) is 48.7 Å². The van der Waals surface area contributed by atoms with Gasteiger partial charge in [-0.15, -0.1) is 5.41 Å². The molecule has 1 amide bonds. The van der Waals surface area contributed by atoms with Crippen LogP contribution in [0.1, 0.15) is 46.3 Å². The van der Waals surface area contributed by atoms with Gasteiger partial charge in [-0.25, -0.2) is 0 Å². The lowest BCUT2D eigenvalue weighted by molar-refractivity contribution is -0.0696. The Morgan fingerprint density at radius 2 is 1.88 bits per heavy atom. The second-order valence-electron chi connectivity index (χ2n) is 7.93. The normalized spacial score (nSPS) is 25.9. The van der Waals surface area contributed by atoms with Crippen LogP contribution in [0.5, 0.6) is 0 Å². The second kappa shape index (κ2) is 5.34. The Morgan fingerprint density at radius 1 is 1.12 bits per heavy atom. The zero-order valence-corrected chi connectivity index (χ0v) is 14.8. The maximum absolute atomic E-state index is 12.6. The molecule has 0 radical (unpaired) electrons. The lowest BCUT2D eigenvalue weighted by Crippen LogP contribution is -2.67. The van der Waals surface area contributed by atoms with Crippen molar-refractivity contribution in [1.82, 2.24) is 4.98 Å². The van der Waals surface area contributed by atoms with Gasteiger partial charge in [-0.3, -0.25) is 23.3 Å². The third-order valence-electron chi connectivity index (χ3n) is 6.24. The zero-order valence-electron chi connectivity index (χ0n) is 14.8. The number of nitrogens with zero attached hydrogens (tertiary/aromatic N) is 1. The minimum Gasteiger partial charge on any atom is -0.550 e. The first kappa shape index (κ1) is 15.4. The Kier molecular flexibility index (Phi) is 3.17. The van der Waals surface area contributed by atoms with E-state index in [-0.39, 0.29) is 11.3 Å². The maximum atomic E-state index is 12.6. The third kappa shape index (κ3) is 2.16. The highest BCUT2D eigenvalue weighted by Crippen LogP contribution is 2.74. The monoisotopic (exact) mass is 340 g/mol. The molecule has 0 atom stereocenters. The number of amides is 1. The summed E-state index contributed by atoms with van der Waals surface area (Å²) in [6.45, 7) is 2.15. The number of aryl methyl sites for hydroxylation is 1. The standard InChI is InChI=1S/C23H20N2O/c1-16-7-8-17(21(26)25-19-5-3-2-4-6-19)11-20(16)23-13-22(14-23,15-23)18-9-10-24-12-18/h2-9,11-12H,13-15H2,1H3,(H,25,26)/q-2. The van der Waals surface area contributed by atoms with Crippen molar-refractivity contribution in [1.29, 1.82) is 0 Å². The Bertz CT molecular complexity index is 953. The highest BCUT2D eigenvalue weighted by Gasteiger charge is 2.64. The van der Waals surface area contributed by atoms with Crippen LogP contribution >= 0.6 is 0 Å². The molecule has 2 bridgehead atoms. The van der Waals surface area contributed by atoms with Crippen molar-refractivity contribution < 1.29 is 4.79 Å². The van der Waals surface area contributed by atoms with E-state index < -0.39 is 0 Å². The minimum absolute atomic E-state index is 0.0476. The molecule has 0 unspecified atom stereocenters. The van der Waals surface area contributed by atoms with E-state index in [1.165, 1.54) is 16.7 Å². The number of nitrogens with one attached hydrogen (secondary N) is 1. The van der Waals surface area contributed by atoms with E-state index in [9.17, 15) is 4.79 Å².